The molecule has 3 unspecified atom stereocenters. The van der Waals surface area contributed by atoms with E-state index in [0.29, 0.717) is 37.2 Å². The molecule has 26 heavy (non-hydrogen) atoms. The zero-order chi connectivity index (χ0) is 18.6. The Balaban J connectivity index is 1.51. The van der Waals surface area contributed by atoms with Crippen molar-refractivity contribution >= 4 is 17.7 Å². The highest BCUT2D eigenvalue weighted by Crippen LogP contribution is 2.36. The van der Waals surface area contributed by atoms with Crippen LogP contribution in [0.2, 0.25) is 0 Å². The van der Waals surface area contributed by atoms with Gasteiger partial charge < -0.3 is 15.5 Å². The molecule has 2 fully saturated rings. The molecule has 3 atom stereocenters. The normalized spacial score (nSPS) is 28.5. The molecule has 0 spiro atoms. The number of nitrogens with one attached hydrogen (secondary N) is 2. The number of nitrogens with zero attached hydrogens (tertiary/aromatic N) is 1. The number of rotatable bonds is 3. The van der Waals surface area contributed by atoms with E-state index in [1.165, 1.54) is 0 Å². The predicted molar refractivity (Wildman–Crippen MR) is 92.2 cm³/mol. The SMILES string of the molecule is CC1(C)CN(C(=O)c2cccc3c2CNC3=O)CC1NC(=O)C1CC1F. The summed E-state index contributed by atoms with van der Waals surface area (Å²) >= 11 is 0. The number of halogens is 1. The lowest BCUT2D eigenvalue weighted by Gasteiger charge is -2.26. The van der Waals surface area contributed by atoms with Crippen LogP contribution in [0.25, 0.3) is 0 Å². The van der Waals surface area contributed by atoms with Crippen molar-refractivity contribution in [2.24, 2.45) is 11.3 Å². The van der Waals surface area contributed by atoms with Crippen LogP contribution >= 0.6 is 0 Å². The average Bonchev–Trinajstić information content (AvgIpc) is 3.10. The molecule has 4 rings (SSSR count). The number of carbonyl (C=O) groups excluding carboxylic acids is 3. The molecule has 1 saturated carbocycles. The maximum absolute atomic E-state index is 13.1. The Bertz CT molecular complexity index is 807. The highest BCUT2D eigenvalue weighted by Gasteiger charge is 2.48. The Morgan fingerprint density at radius 1 is 1.35 bits per heavy atom. The van der Waals surface area contributed by atoms with Crippen LogP contribution in [0.4, 0.5) is 4.39 Å². The molecule has 2 N–H and O–H groups in total. The Labute approximate surface area is 151 Å². The average molecular weight is 359 g/mol. The van der Waals surface area contributed by atoms with Crippen molar-refractivity contribution in [2.45, 2.75) is 39.0 Å². The van der Waals surface area contributed by atoms with Gasteiger partial charge in [-0.2, -0.15) is 0 Å². The minimum absolute atomic E-state index is 0.141. The lowest BCUT2D eigenvalue weighted by atomic mass is 9.87. The van der Waals surface area contributed by atoms with Crippen LogP contribution in [-0.4, -0.2) is 47.9 Å². The zero-order valence-corrected chi connectivity index (χ0v) is 14.8. The minimum Gasteiger partial charge on any atom is -0.351 e. The van der Waals surface area contributed by atoms with E-state index in [4.69, 9.17) is 0 Å². The van der Waals surface area contributed by atoms with Crippen LogP contribution in [0, 0.1) is 11.3 Å². The summed E-state index contributed by atoms with van der Waals surface area (Å²) in [4.78, 5) is 38.7. The maximum atomic E-state index is 13.1. The van der Waals surface area contributed by atoms with Crippen LogP contribution in [0.1, 0.15) is 46.5 Å². The fourth-order valence-corrected chi connectivity index (χ4v) is 3.87. The van der Waals surface area contributed by atoms with Crippen molar-refractivity contribution in [1.82, 2.24) is 15.5 Å². The Morgan fingerprint density at radius 3 is 2.77 bits per heavy atom. The van der Waals surface area contributed by atoms with Gasteiger partial charge in [0.15, 0.2) is 0 Å². The fraction of sp³-hybridized carbons (Fsp3) is 0.526. The molecule has 0 bridgehead atoms. The predicted octanol–water partition coefficient (Wildman–Crippen LogP) is 1.25. The summed E-state index contributed by atoms with van der Waals surface area (Å²) in [5.41, 5.74) is 1.49. The quantitative estimate of drug-likeness (QED) is 0.853. The molecule has 1 aromatic rings. The molecule has 1 aromatic carbocycles. The number of carbonyl (C=O) groups is 3. The van der Waals surface area contributed by atoms with Crippen molar-refractivity contribution in [3.63, 3.8) is 0 Å². The van der Waals surface area contributed by atoms with E-state index in [1.807, 2.05) is 13.8 Å². The third-order valence-electron chi connectivity index (χ3n) is 5.67. The van der Waals surface area contributed by atoms with E-state index < -0.39 is 12.1 Å². The van der Waals surface area contributed by atoms with Crippen LogP contribution < -0.4 is 10.6 Å². The van der Waals surface area contributed by atoms with Crippen LogP contribution in [0.3, 0.4) is 0 Å². The summed E-state index contributed by atoms with van der Waals surface area (Å²) in [6.07, 6.45) is -0.743. The first-order chi connectivity index (χ1) is 12.3. The largest absolute Gasteiger partial charge is 0.351 e. The summed E-state index contributed by atoms with van der Waals surface area (Å²) in [6.45, 7) is 5.21. The van der Waals surface area contributed by atoms with E-state index in [0.717, 1.165) is 5.56 Å². The van der Waals surface area contributed by atoms with Gasteiger partial charge in [-0.3, -0.25) is 14.4 Å². The molecular formula is C19H22FN3O3. The van der Waals surface area contributed by atoms with E-state index in [1.54, 1.807) is 23.1 Å². The second-order valence-corrected chi connectivity index (χ2v) is 8.11. The van der Waals surface area contributed by atoms with Gasteiger partial charge in [-0.05, 0) is 24.1 Å². The summed E-state index contributed by atoms with van der Waals surface area (Å²) in [7, 11) is 0. The van der Waals surface area contributed by atoms with E-state index in [9.17, 15) is 18.8 Å². The minimum atomic E-state index is -1.03. The molecule has 138 valence electrons. The molecule has 1 saturated heterocycles. The highest BCUT2D eigenvalue weighted by atomic mass is 19.1. The lowest BCUT2D eigenvalue weighted by Crippen LogP contribution is -2.45. The van der Waals surface area contributed by atoms with Crippen LogP contribution in [0.15, 0.2) is 18.2 Å². The van der Waals surface area contributed by atoms with Gasteiger partial charge in [0, 0.05) is 36.2 Å². The number of benzene rings is 1. The molecule has 6 nitrogen and oxygen atoms in total. The molecule has 1 aliphatic carbocycles. The second-order valence-electron chi connectivity index (χ2n) is 8.11. The van der Waals surface area contributed by atoms with E-state index >= 15 is 0 Å². The van der Waals surface area contributed by atoms with Gasteiger partial charge >= 0.3 is 0 Å². The van der Waals surface area contributed by atoms with Crippen molar-refractivity contribution < 1.29 is 18.8 Å². The molecule has 3 aliphatic rings. The van der Waals surface area contributed by atoms with Gasteiger partial charge in [-0.1, -0.05) is 19.9 Å². The van der Waals surface area contributed by atoms with Crippen molar-refractivity contribution in [3.8, 4) is 0 Å². The van der Waals surface area contributed by atoms with Gasteiger partial charge in [-0.15, -0.1) is 0 Å². The van der Waals surface area contributed by atoms with Gasteiger partial charge in [0.25, 0.3) is 11.8 Å². The van der Waals surface area contributed by atoms with Gasteiger partial charge in [-0.25, -0.2) is 4.39 Å². The number of hydrogen-bond acceptors (Lipinski definition) is 3. The first-order valence-electron chi connectivity index (χ1n) is 8.92. The van der Waals surface area contributed by atoms with Crippen LogP contribution in [-0.2, 0) is 11.3 Å². The Hall–Kier alpha value is -2.44. The first-order valence-corrected chi connectivity index (χ1v) is 8.92. The van der Waals surface area contributed by atoms with Crippen LogP contribution in [0.5, 0.6) is 0 Å². The molecule has 3 amide bonds. The zero-order valence-electron chi connectivity index (χ0n) is 14.8. The Morgan fingerprint density at radius 2 is 2.08 bits per heavy atom. The standard InChI is InChI=1S/C19H22FN3O3/c1-19(2)9-23(8-15(19)22-17(25)12-6-14(12)20)18(26)11-5-3-4-10-13(11)7-21-16(10)24/h3-5,12,14-15H,6-9H2,1-2H3,(H,21,24)(H,22,25). The van der Waals surface area contributed by atoms with Gasteiger partial charge in [0.1, 0.15) is 6.17 Å². The van der Waals surface area contributed by atoms with E-state index in [-0.39, 0.29) is 29.2 Å². The molecular weight excluding hydrogens is 337 g/mol. The summed E-state index contributed by atoms with van der Waals surface area (Å²) in [6, 6.07) is 4.95. The number of hydrogen-bond donors (Lipinski definition) is 2. The summed E-state index contributed by atoms with van der Waals surface area (Å²) in [5, 5.41) is 5.66. The molecule has 2 aliphatic heterocycles. The summed E-state index contributed by atoms with van der Waals surface area (Å²) < 4.78 is 13.1. The molecule has 0 aromatic heterocycles. The highest BCUT2D eigenvalue weighted by molar-refractivity contribution is 6.04. The first kappa shape index (κ1) is 17.0. The second kappa shape index (κ2) is 5.79. The molecule has 0 radical (unpaired) electrons. The number of alkyl halides is 1. The maximum Gasteiger partial charge on any atom is 0.254 e. The molecule has 7 heteroatoms. The van der Waals surface area contributed by atoms with Crippen molar-refractivity contribution in [1.29, 1.82) is 0 Å². The van der Waals surface area contributed by atoms with E-state index in [2.05, 4.69) is 10.6 Å². The third kappa shape index (κ3) is 2.75. The monoisotopic (exact) mass is 359 g/mol. The smallest absolute Gasteiger partial charge is 0.254 e. The lowest BCUT2D eigenvalue weighted by molar-refractivity contribution is -0.123. The van der Waals surface area contributed by atoms with Crippen molar-refractivity contribution in [2.75, 3.05) is 13.1 Å². The Kier molecular flexibility index (Phi) is 3.78. The third-order valence-corrected chi connectivity index (χ3v) is 5.67. The van der Waals surface area contributed by atoms with Crippen molar-refractivity contribution in [3.05, 3.63) is 34.9 Å². The van der Waals surface area contributed by atoms with Gasteiger partial charge in [0.2, 0.25) is 5.91 Å². The number of likely N-dealkylation sites (tertiary alicyclic amines) is 1. The molecule has 2 heterocycles. The van der Waals surface area contributed by atoms with Gasteiger partial charge in [0.05, 0.1) is 12.0 Å². The number of fused-ring (bicyclic) bond motifs is 1. The topological polar surface area (TPSA) is 78.5 Å². The fourth-order valence-electron chi connectivity index (χ4n) is 3.87. The number of amides is 3. The summed E-state index contributed by atoms with van der Waals surface area (Å²) in [5.74, 6) is -1.10.